The maximum Gasteiger partial charge on any atom is 0.143 e. The summed E-state index contributed by atoms with van der Waals surface area (Å²) < 4.78 is 1.45. The van der Waals surface area contributed by atoms with Crippen LogP contribution in [0.15, 0.2) is 21.1 Å². The second kappa shape index (κ2) is 6.18. The van der Waals surface area contributed by atoms with E-state index >= 15 is 0 Å². The predicted molar refractivity (Wildman–Crippen MR) is 75.8 cm³/mol. The van der Waals surface area contributed by atoms with Crippen molar-refractivity contribution in [3.63, 3.8) is 0 Å². The van der Waals surface area contributed by atoms with Crippen LogP contribution in [-0.4, -0.2) is 23.2 Å². The summed E-state index contributed by atoms with van der Waals surface area (Å²) in [5.41, 5.74) is 4.57. The number of nitrogens with zero attached hydrogens (tertiary/aromatic N) is 1. The van der Waals surface area contributed by atoms with Crippen LogP contribution in [0.5, 0.6) is 5.75 Å². The Morgan fingerprint density at radius 1 is 1.12 bits per heavy atom. The molecule has 1 aliphatic heterocycles. The van der Waals surface area contributed by atoms with Crippen LogP contribution >= 0.6 is 31.9 Å². The molecule has 1 fully saturated rings. The SMILES string of the molecule is Oc1c(Br)cc(CNN2CCCCC2)cc1Br. The highest BCUT2D eigenvalue weighted by atomic mass is 79.9. The topological polar surface area (TPSA) is 35.5 Å². The third kappa shape index (κ3) is 3.68. The van der Waals surface area contributed by atoms with Gasteiger partial charge in [0.25, 0.3) is 0 Å². The fourth-order valence-electron chi connectivity index (χ4n) is 1.98. The van der Waals surface area contributed by atoms with Crippen molar-refractivity contribution in [2.75, 3.05) is 13.1 Å². The van der Waals surface area contributed by atoms with Crippen molar-refractivity contribution in [2.45, 2.75) is 25.8 Å². The molecule has 1 aromatic rings. The lowest BCUT2D eigenvalue weighted by atomic mass is 10.2. The van der Waals surface area contributed by atoms with Gasteiger partial charge in [-0.25, -0.2) is 5.01 Å². The number of halogens is 2. The van der Waals surface area contributed by atoms with Crippen LogP contribution in [-0.2, 0) is 6.54 Å². The summed E-state index contributed by atoms with van der Waals surface area (Å²) in [6, 6.07) is 3.88. The number of aromatic hydroxyl groups is 1. The van der Waals surface area contributed by atoms with Crippen molar-refractivity contribution in [3.8, 4) is 5.75 Å². The van der Waals surface area contributed by atoms with Gasteiger partial charge in [-0.3, -0.25) is 5.43 Å². The van der Waals surface area contributed by atoms with Gasteiger partial charge in [-0.15, -0.1) is 0 Å². The molecule has 1 heterocycles. The molecule has 17 heavy (non-hydrogen) atoms. The van der Waals surface area contributed by atoms with E-state index in [4.69, 9.17) is 0 Å². The van der Waals surface area contributed by atoms with E-state index in [1.54, 1.807) is 0 Å². The monoisotopic (exact) mass is 362 g/mol. The summed E-state index contributed by atoms with van der Waals surface area (Å²) in [7, 11) is 0. The molecule has 0 unspecified atom stereocenters. The average Bonchev–Trinajstić information content (AvgIpc) is 2.34. The van der Waals surface area contributed by atoms with E-state index in [0.29, 0.717) is 0 Å². The summed E-state index contributed by atoms with van der Waals surface area (Å²) in [5, 5.41) is 11.9. The van der Waals surface area contributed by atoms with Gasteiger partial charge in [0.05, 0.1) is 8.95 Å². The molecule has 1 aliphatic rings. The minimum atomic E-state index is 0.256. The number of benzene rings is 1. The Bertz CT molecular complexity index is 369. The maximum absolute atomic E-state index is 9.62. The lowest BCUT2D eigenvalue weighted by Crippen LogP contribution is -2.41. The number of hydrogen-bond acceptors (Lipinski definition) is 3. The van der Waals surface area contributed by atoms with E-state index in [1.807, 2.05) is 12.1 Å². The highest BCUT2D eigenvalue weighted by molar-refractivity contribution is 9.11. The second-order valence-electron chi connectivity index (χ2n) is 4.29. The molecule has 3 nitrogen and oxygen atoms in total. The Kier molecular flexibility index (Phi) is 4.85. The zero-order chi connectivity index (χ0) is 12.3. The summed E-state index contributed by atoms with van der Waals surface area (Å²) in [6.07, 6.45) is 3.89. The minimum Gasteiger partial charge on any atom is -0.506 e. The van der Waals surface area contributed by atoms with E-state index in [2.05, 4.69) is 42.3 Å². The van der Waals surface area contributed by atoms with Crippen LogP contribution in [0, 0.1) is 0 Å². The molecular weight excluding hydrogens is 348 g/mol. The highest BCUT2D eigenvalue weighted by Crippen LogP contribution is 2.33. The molecule has 2 rings (SSSR count). The Hall–Kier alpha value is -0.100. The van der Waals surface area contributed by atoms with Gasteiger partial charge in [0.1, 0.15) is 5.75 Å². The van der Waals surface area contributed by atoms with E-state index < -0.39 is 0 Å². The molecule has 0 saturated carbocycles. The molecule has 0 aliphatic carbocycles. The molecule has 0 atom stereocenters. The number of phenols is 1. The molecule has 0 spiro atoms. The number of hydrogen-bond donors (Lipinski definition) is 2. The predicted octanol–water partition coefficient (Wildman–Crippen LogP) is 3.41. The summed E-state index contributed by atoms with van der Waals surface area (Å²) >= 11 is 6.68. The molecular formula is C12H16Br2N2O. The Morgan fingerprint density at radius 2 is 1.71 bits per heavy atom. The van der Waals surface area contributed by atoms with Crippen molar-refractivity contribution in [1.29, 1.82) is 0 Å². The average molecular weight is 364 g/mol. The van der Waals surface area contributed by atoms with E-state index in [1.165, 1.54) is 19.3 Å². The normalized spacial score (nSPS) is 17.3. The van der Waals surface area contributed by atoms with Crippen molar-refractivity contribution in [3.05, 3.63) is 26.6 Å². The van der Waals surface area contributed by atoms with Gasteiger partial charge in [-0.05, 0) is 62.4 Å². The Balaban J connectivity index is 1.94. The van der Waals surface area contributed by atoms with E-state index in [9.17, 15) is 5.11 Å². The molecule has 0 amide bonds. The Labute approximate surface area is 118 Å². The van der Waals surface area contributed by atoms with Gasteiger partial charge in [0.2, 0.25) is 0 Å². The van der Waals surface area contributed by atoms with E-state index in [-0.39, 0.29) is 5.75 Å². The van der Waals surface area contributed by atoms with Gasteiger partial charge in [-0.2, -0.15) is 0 Å². The molecule has 1 aromatic carbocycles. The fraction of sp³-hybridized carbons (Fsp3) is 0.500. The first-order chi connectivity index (χ1) is 8.16. The molecule has 0 radical (unpaired) electrons. The highest BCUT2D eigenvalue weighted by Gasteiger charge is 2.10. The first-order valence-corrected chi connectivity index (χ1v) is 7.41. The van der Waals surface area contributed by atoms with Crippen LogP contribution in [0.25, 0.3) is 0 Å². The van der Waals surface area contributed by atoms with Gasteiger partial charge in [0, 0.05) is 19.6 Å². The van der Waals surface area contributed by atoms with Crippen molar-refractivity contribution in [2.24, 2.45) is 0 Å². The maximum atomic E-state index is 9.62. The lowest BCUT2D eigenvalue weighted by Gasteiger charge is -2.27. The molecule has 2 N–H and O–H groups in total. The first-order valence-electron chi connectivity index (χ1n) is 5.82. The number of phenolic OH excluding ortho intramolecular Hbond substituents is 1. The van der Waals surface area contributed by atoms with Crippen LogP contribution in [0.1, 0.15) is 24.8 Å². The second-order valence-corrected chi connectivity index (χ2v) is 6.00. The zero-order valence-corrected chi connectivity index (χ0v) is 12.7. The lowest BCUT2D eigenvalue weighted by molar-refractivity contribution is 0.151. The number of hydrazine groups is 1. The minimum absolute atomic E-state index is 0.256. The van der Waals surface area contributed by atoms with Crippen LogP contribution < -0.4 is 5.43 Å². The standard InChI is InChI=1S/C12H16Br2N2O/c13-10-6-9(7-11(14)12(10)17)8-15-16-4-2-1-3-5-16/h6-7,15,17H,1-5,8H2. The number of rotatable bonds is 3. The van der Waals surface area contributed by atoms with Gasteiger partial charge in [-0.1, -0.05) is 6.42 Å². The van der Waals surface area contributed by atoms with E-state index in [0.717, 1.165) is 34.1 Å². The van der Waals surface area contributed by atoms with Gasteiger partial charge in [0.15, 0.2) is 0 Å². The molecule has 0 bridgehead atoms. The Morgan fingerprint density at radius 3 is 2.29 bits per heavy atom. The molecule has 5 heteroatoms. The summed E-state index contributed by atoms with van der Waals surface area (Å²) in [4.78, 5) is 0. The van der Waals surface area contributed by atoms with Crippen LogP contribution in [0.2, 0.25) is 0 Å². The third-order valence-electron chi connectivity index (χ3n) is 2.94. The first kappa shape index (κ1) is 13.3. The third-order valence-corrected chi connectivity index (χ3v) is 4.15. The zero-order valence-electron chi connectivity index (χ0n) is 9.55. The van der Waals surface area contributed by atoms with Crippen molar-refractivity contribution >= 4 is 31.9 Å². The molecule has 1 saturated heterocycles. The summed E-state index contributed by atoms with van der Waals surface area (Å²) in [5.74, 6) is 0.256. The van der Waals surface area contributed by atoms with Crippen molar-refractivity contribution < 1.29 is 5.11 Å². The fourth-order valence-corrected chi connectivity index (χ4v) is 3.26. The largest absolute Gasteiger partial charge is 0.506 e. The summed E-state index contributed by atoms with van der Waals surface area (Å²) in [6.45, 7) is 3.04. The van der Waals surface area contributed by atoms with Crippen LogP contribution in [0.4, 0.5) is 0 Å². The molecule has 0 aromatic heterocycles. The molecule has 94 valence electrons. The number of nitrogens with one attached hydrogen (secondary N) is 1. The number of piperidine rings is 1. The van der Waals surface area contributed by atoms with Crippen molar-refractivity contribution in [1.82, 2.24) is 10.4 Å². The quantitative estimate of drug-likeness (QED) is 0.863. The van der Waals surface area contributed by atoms with Crippen LogP contribution in [0.3, 0.4) is 0 Å². The van der Waals surface area contributed by atoms with Gasteiger partial charge >= 0.3 is 0 Å². The van der Waals surface area contributed by atoms with Gasteiger partial charge < -0.3 is 5.11 Å². The smallest absolute Gasteiger partial charge is 0.143 e.